The van der Waals surface area contributed by atoms with Gasteiger partial charge in [-0.1, -0.05) is 17.7 Å². The van der Waals surface area contributed by atoms with E-state index >= 15 is 0 Å². The Hall–Kier alpha value is -2.98. The van der Waals surface area contributed by atoms with E-state index in [4.69, 9.17) is 37.7 Å². The zero-order valence-electron chi connectivity index (χ0n) is 19.7. The van der Waals surface area contributed by atoms with E-state index in [1.807, 2.05) is 53.4 Å². The van der Waals surface area contributed by atoms with Crippen LogP contribution >= 0.6 is 39.7 Å². The highest BCUT2D eigenvalue weighted by atomic mass is 79.9. The van der Waals surface area contributed by atoms with Gasteiger partial charge < -0.3 is 24.1 Å². The first kappa shape index (κ1) is 25.7. The summed E-state index contributed by atoms with van der Waals surface area (Å²) in [5.41, 5.74) is 2.32. The summed E-state index contributed by atoms with van der Waals surface area (Å²) in [4.78, 5) is 6.52. The van der Waals surface area contributed by atoms with Crippen molar-refractivity contribution in [3.05, 3.63) is 99.7 Å². The molecule has 1 fully saturated rings. The van der Waals surface area contributed by atoms with Crippen molar-refractivity contribution < 1.29 is 18.3 Å². The first-order valence-corrected chi connectivity index (χ1v) is 13.0. The number of rotatable bonds is 8. The minimum Gasteiger partial charge on any atom is -0.490 e. The van der Waals surface area contributed by atoms with E-state index in [0.717, 1.165) is 16.9 Å². The highest BCUT2D eigenvalue weighted by molar-refractivity contribution is 9.10. The first-order valence-electron chi connectivity index (χ1n) is 11.4. The molecule has 3 heterocycles. The third-order valence-electron chi connectivity index (χ3n) is 5.95. The van der Waals surface area contributed by atoms with E-state index in [-0.39, 0.29) is 17.9 Å². The number of hydrogen-bond acceptors (Lipinski definition) is 5. The van der Waals surface area contributed by atoms with Crippen LogP contribution in [0.4, 0.5) is 10.1 Å². The molecule has 1 aliphatic rings. The number of halogens is 3. The van der Waals surface area contributed by atoms with Gasteiger partial charge in [-0.3, -0.25) is 4.98 Å². The van der Waals surface area contributed by atoms with E-state index in [1.165, 1.54) is 12.1 Å². The summed E-state index contributed by atoms with van der Waals surface area (Å²) >= 11 is 15.8. The van der Waals surface area contributed by atoms with Gasteiger partial charge in [0.1, 0.15) is 35.7 Å². The van der Waals surface area contributed by atoms with Crippen molar-refractivity contribution in [1.29, 1.82) is 0 Å². The number of thiocarbonyl (C=S) groups is 1. The predicted octanol–water partition coefficient (Wildman–Crippen LogP) is 7.10. The zero-order chi connectivity index (χ0) is 25.9. The first-order chi connectivity index (χ1) is 18.0. The third-order valence-corrected chi connectivity index (χ3v) is 7.22. The molecule has 0 bridgehead atoms. The number of hydrogen-bond donors (Lipinski definition) is 1. The van der Waals surface area contributed by atoms with Crippen molar-refractivity contribution in [3.63, 3.8) is 0 Å². The van der Waals surface area contributed by atoms with Gasteiger partial charge in [-0.05, 0) is 88.8 Å². The van der Waals surface area contributed by atoms with E-state index in [0.29, 0.717) is 45.1 Å². The van der Waals surface area contributed by atoms with Crippen LogP contribution in [0, 0.1) is 5.82 Å². The van der Waals surface area contributed by atoms with Crippen LogP contribution in [0.5, 0.6) is 5.75 Å². The summed E-state index contributed by atoms with van der Waals surface area (Å²) in [6.07, 6.45) is 1.74. The molecule has 6 nitrogen and oxygen atoms in total. The Bertz CT molecular complexity index is 1420. The van der Waals surface area contributed by atoms with Crippen molar-refractivity contribution >= 4 is 50.5 Å². The summed E-state index contributed by atoms with van der Waals surface area (Å²) in [6.45, 7) is 0.842. The third kappa shape index (κ3) is 5.36. The van der Waals surface area contributed by atoms with Gasteiger partial charge >= 0.3 is 0 Å². The number of nitrogens with zero attached hydrogens (tertiary/aromatic N) is 2. The standard InChI is InChI=1S/C27H22BrClFN3O3S/c1-34-12-13-35-23-8-6-17(15-20(23)29)33-26(25(32-27(33)37)21-4-2-3-11-31-21)24-10-9-22(36-24)18-7-5-16(30)14-19(18)28/h2-11,14-15,25-26H,12-13H2,1H3,(H,32,37)/t25-,26+/m1/s1. The largest absolute Gasteiger partial charge is 0.490 e. The van der Waals surface area contributed by atoms with Crippen LogP contribution in [0.3, 0.4) is 0 Å². The lowest BCUT2D eigenvalue weighted by Gasteiger charge is -2.26. The molecule has 0 saturated carbocycles. The molecule has 190 valence electrons. The zero-order valence-corrected chi connectivity index (χ0v) is 22.8. The minimum absolute atomic E-state index is 0.291. The summed E-state index contributed by atoms with van der Waals surface area (Å²) < 4.78 is 31.4. The predicted molar refractivity (Wildman–Crippen MR) is 149 cm³/mol. The van der Waals surface area contributed by atoms with Crippen LogP contribution < -0.4 is 15.0 Å². The van der Waals surface area contributed by atoms with Gasteiger partial charge in [0.2, 0.25) is 0 Å². The minimum atomic E-state index is -0.369. The maximum Gasteiger partial charge on any atom is 0.174 e. The van der Waals surface area contributed by atoms with Gasteiger partial charge in [-0.15, -0.1) is 0 Å². The van der Waals surface area contributed by atoms with E-state index in [1.54, 1.807) is 19.4 Å². The lowest BCUT2D eigenvalue weighted by atomic mass is 10.0. The number of anilines is 1. The Kier molecular flexibility index (Phi) is 7.76. The lowest BCUT2D eigenvalue weighted by molar-refractivity contribution is 0.146. The number of nitrogens with one attached hydrogen (secondary N) is 1. The number of furan rings is 1. The molecule has 1 aliphatic heterocycles. The van der Waals surface area contributed by atoms with Gasteiger partial charge in [0.05, 0.1) is 23.4 Å². The van der Waals surface area contributed by atoms with Crippen LogP contribution in [0.15, 0.2) is 81.8 Å². The number of benzene rings is 2. The Balaban J connectivity index is 1.54. The van der Waals surface area contributed by atoms with Crippen molar-refractivity contribution in [3.8, 4) is 17.1 Å². The molecule has 10 heteroatoms. The maximum atomic E-state index is 13.7. The summed E-state index contributed by atoms with van der Waals surface area (Å²) in [7, 11) is 1.61. The molecule has 2 aromatic carbocycles. The fraction of sp³-hybridized carbons (Fsp3) is 0.185. The molecule has 1 N–H and O–H groups in total. The molecule has 0 amide bonds. The number of methoxy groups -OCH3 is 1. The molecular formula is C27H22BrClFN3O3S. The maximum absolute atomic E-state index is 13.7. The molecule has 4 aromatic rings. The van der Waals surface area contributed by atoms with Gasteiger partial charge in [-0.25, -0.2) is 4.39 Å². The van der Waals surface area contributed by atoms with Crippen LogP contribution in [0.2, 0.25) is 5.02 Å². The van der Waals surface area contributed by atoms with Gasteiger partial charge in [0.25, 0.3) is 0 Å². The van der Waals surface area contributed by atoms with Crippen LogP contribution in [-0.4, -0.2) is 30.4 Å². The molecule has 0 unspecified atom stereocenters. The average molecular weight is 603 g/mol. The molecule has 1 saturated heterocycles. The molecular weight excluding hydrogens is 581 g/mol. The van der Waals surface area contributed by atoms with Gasteiger partial charge in [0.15, 0.2) is 5.11 Å². The fourth-order valence-electron chi connectivity index (χ4n) is 4.26. The Morgan fingerprint density at radius 2 is 2.00 bits per heavy atom. The number of pyridine rings is 1. The number of ether oxygens (including phenoxy) is 2. The molecule has 0 aliphatic carbocycles. The Labute approximate surface area is 232 Å². The summed E-state index contributed by atoms with van der Waals surface area (Å²) in [6, 6.07) is 18.8. The number of aromatic nitrogens is 1. The second-order valence-corrected chi connectivity index (χ2v) is 9.93. The molecule has 0 spiro atoms. The summed E-state index contributed by atoms with van der Waals surface area (Å²) in [5, 5.41) is 4.35. The second-order valence-electron chi connectivity index (χ2n) is 8.28. The topological polar surface area (TPSA) is 59.8 Å². The molecule has 37 heavy (non-hydrogen) atoms. The highest BCUT2D eigenvalue weighted by Crippen LogP contribution is 2.44. The van der Waals surface area contributed by atoms with Gasteiger partial charge in [-0.2, -0.15) is 0 Å². The Morgan fingerprint density at radius 1 is 1.14 bits per heavy atom. The van der Waals surface area contributed by atoms with E-state index in [9.17, 15) is 4.39 Å². The van der Waals surface area contributed by atoms with Crippen molar-refractivity contribution in [2.75, 3.05) is 25.2 Å². The second kappa shape index (κ2) is 11.2. The van der Waals surface area contributed by atoms with Crippen molar-refractivity contribution in [2.24, 2.45) is 0 Å². The molecule has 0 radical (unpaired) electrons. The normalized spacial score (nSPS) is 17.2. The van der Waals surface area contributed by atoms with Crippen LogP contribution in [0.25, 0.3) is 11.3 Å². The van der Waals surface area contributed by atoms with E-state index < -0.39 is 0 Å². The van der Waals surface area contributed by atoms with Crippen LogP contribution in [0.1, 0.15) is 23.5 Å². The van der Waals surface area contributed by atoms with E-state index in [2.05, 4.69) is 26.2 Å². The SMILES string of the molecule is COCCOc1ccc(N2C(=S)N[C@H](c3ccccn3)[C@@H]2c2ccc(-c3ccc(F)cc3Br)o2)cc1Cl. The smallest absolute Gasteiger partial charge is 0.174 e. The lowest BCUT2D eigenvalue weighted by Crippen LogP contribution is -2.29. The average Bonchev–Trinajstić information content (AvgIpc) is 3.50. The quantitative estimate of drug-likeness (QED) is 0.171. The van der Waals surface area contributed by atoms with Crippen molar-refractivity contribution in [1.82, 2.24) is 10.3 Å². The monoisotopic (exact) mass is 601 g/mol. The molecule has 2 aromatic heterocycles. The highest BCUT2D eigenvalue weighted by Gasteiger charge is 2.42. The van der Waals surface area contributed by atoms with Crippen LogP contribution in [-0.2, 0) is 4.74 Å². The summed E-state index contributed by atoms with van der Waals surface area (Å²) in [5.74, 6) is 1.48. The molecule has 5 rings (SSSR count). The van der Waals surface area contributed by atoms with Crippen molar-refractivity contribution in [2.45, 2.75) is 12.1 Å². The molecule has 2 atom stereocenters. The van der Waals surface area contributed by atoms with Gasteiger partial charge in [0, 0.05) is 29.0 Å². The fourth-order valence-corrected chi connectivity index (χ4v) is 5.38. The Morgan fingerprint density at radius 3 is 2.73 bits per heavy atom.